The van der Waals surface area contributed by atoms with Gasteiger partial charge in [0.1, 0.15) is 0 Å². The van der Waals surface area contributed by atoms with Gasteiger partial charge in [-0.2, -0.15) is 0 Å². The number of hydrogen-bond donors (Lipinski definition) is 0. The van der Waals surface area contributed by atoms with E-state index in [2.05, 4.69) is 20.8 Å². The van der Waals surface area contributed by atoms with E-state index in [1.165, 1.54) is 0 Å². The Bertz CT molecular complexity index is 771. The van der Waals surface area contributed by atoms with Crippen LogP contribution in [0.15, 0.2) is 28.7 Å². The third-order valence-corrected chi connectivity index (χ3v) is 4.32. The first-order valence-electron chi connectivity index (χ1n) is 7.38. The van der Waals surface area contributed by atoms with Crippen molar-refractivity contribution in [1.29, 1.82) is 0 Å². The molecule has 0 unspecified atom stereocenters. The van der Waals surface area contributed by atoms with E-state index in [-0.39, 0.29) is 0 Å². The Balaban J connectivity index is 1.68. The minimum atomic E-state index is 0.367. The maximum atomic E-state index is 6.01. The number of rotatable bonds is 4. The van der Waals surface area contributed by atoms with Gasteiger partial charge in [0.05, 0.1) is 13.2 Å². The molecule has 7 heteroatoms. The Morgan fingerprint density at radius 2 is 2.00 bits per heavy atom. The van der Waals surface area contributed by atoms with Crippen LogP contribution in [0.3, 0.4) is 0 Å². The molecule has 0 radical (unpaired) electrons. The predicted octanol–water partition coefficient (Wildman–Crippen LogP) is 2.73. The fraction of sp³-hybridized carbons (Fsp3) is 0.375. The van der Waals surface area contributed by atoms with Gasteiger partial charge in [-0.25, -0.2) is 4.68 Å². The summed E-state index contributed by atoms with van der Waals surface area (Å²) in [7, 11) is 0. The van der Waals surface area contributed by atoms with Crippen LogP contribution >= 0.6 is 23.8 Å². The summed E-state index contributed by atoms with van der Waals surface area (Å²) in [5.41, 5.74) is 0.821. The molecular weight excluding hydrogens is 332 g/mol. The topological polar surface area (TPSA) is 37.4 Å². The van der Waals surface area contributed by atoms with Crippen molar-refractivity contribution in [1.82, 2.24) is 19.6 Å². The number of aromatic nitrogens is 2. The highest BCUT2D eigenvalue weighted by Crippen LogP contribution is 2.21. The van der Waals surface area contributed by atoms with Gasteiger partial charge >= 0.3 is 0 Å². The first-order chi connectivity index (χ1) is 11.2. The number of hydrogen-bond acceptors (Lipinski definition) is 5. The highest BCUT2D eigenvalue weighted by Gasteiger charge is 2.18. The number of terminal acetylenes is 1. The standard InChI is InChI=1S/C16H17ClN4OS/c1-2-6-19-7-9-20(10-8-19)12-21-16(23)22-15(18-21)13-4-3-5-14(17)11-13/h1,3-5,11H,6-10,12H2. The Kier molecular flexibility index (Phi) is 5.13. The molecule has 0 N–H and O–H groups in total. The van der Waals surface area contributed by atoms with Gasteiger partial charge in [0.15, 0.2) is 0 Å². The normalized spacial score (nSPS) is 16.3. The highest BCUT2D eigenvalue weighted by atomic mass is 35.5. The maximum absolute atomic E-state index is 6.01. The SMILES string of the molecule is C#CCN1CCN(Cn2nc(-c3cccc(Cl)c3)oc2=S)CC1. The number of nitrogens with zero attached hydrogens (tertiary/aromatic N) is 4. The molecule has 0 atom stereocenters. The fourth-order valence-corrected chi connectivity index (χ4v) is 2.91. The van der Waals surface area contributed by atoms with Crippen molar-refractivity contribution in [3.63, 3.8) is 0 Å². The van der Waals surface area contributed by atoms with Crippen molar-refractivity contribution in [3.05, 3.63) is 34.1 Å². The minimum absolute atomic E-state index is 0.367. The van der Waals surface area contributed by atoms with Crippen LogP contribution < -0.4 is 0 Å². The lowest BCUT2D eigenvalue weighted by Crippen LogP contribution is -2.46. The Morgan fingerprint density at radius 3 is 2.70 bits per heavy atom. The molecule has 0 bridgehead atoms. The van der Waals surface area contributed by atoms with Gasteiger partial charge in [-0.15, -0.1) is 11.5 Å². The van der Waals surface area contributed by atoms with Crippen molar-refractivity contribution in [2.75, 3.05) is 32.7 Å². The monoisotopic (exact) mass is 348 g/mol. The molecule has 120 valence electrons. The number of piperazine rings is 1. The second-order valence-corrected chi connectivity index (χ2v) is 6.21. The molecule has 1 aliphatic rings. The maximum Gasteiger partial charge on any atom is 0.288 e. The quantitative estimate of drug-likeness (QED) is 0.627. The van der Waals surface area contributed by atoms with Crippen molar-refractivity contribution < 1.29 is 4.42 Å². The van der Waals surface area contributed by atoms with Crippen LogP contribution in [0.1, 0.15) is 0 Å². The van der Waals surface area contributed by atoms with Gasteiger partial charge in [-0.3, -0.25) is 9.80 Å². The summed E-state index contributed by atoms with van der Waals surface area (Å²) in [5.74, 6) is 3.17. The van der Waals surface area contributed by atoms with Crippen molar-refractivity contribution in [2.45, 2.75) is 6.67 Å². The van der Waals surface area contributed by atoms with Gasteiger partial charge in [0.2, 0.25) is 5.89 Å². The molecule has 23 heavy (non-hydrogen) atoms. The minimum Gasteiger partial charge on any atom is -0.409 e. The smallest absolute Gasteiger partial charge is 0.288 e. The first kappa shape index (κ1) is 16.2. The Morgan fingerprint density at radius 1 is 1.26 bits per heavy atom. The molecule has 1 saturated heterocycles. The van der Waals surface area contributed by atoms with Crippen molar-refractivity contribution >= 4 is 23.8 Å². The van der Waals surface area contributed by atoms with Gasteiger partial charge in [-0.05, 0) is 30.4 Å². The summed E-state index contributed by atoms with van der Waals surface area (Å²) in [4.78, 5) is 4.91. The van der Waals surface area contributed by atoms with E-state index >= 15 is 0 Å². The van der Waals surface area contributed by atoms with E-state index in [9.17, 15) is 0 Å². The van der Waals surface area contributed by atoms with Crippen LogP contribution in [-0.4, -0.2) is 52.3 Å². The van der Waals surface area contributed by atoms with Gasteiger partial charge in [0.25, 0.3) is 4.84 Å². The van der Waals surface area contributed by atoms with Gasteiger partial charge < -0.3 is 4.42 Å². The highest BCUT2D eigenvalue weighted by molar-refractivity contribution is 7.71. The first-order valence-corrected chi connectivity index (χ1v) is 8.16. The fourth-order valence-electron chi connectivity index (χ4n) is 2.54. The number of benzene rings is 1. The molecule has 5 nitrogen and oxygen atoms in total. The molecule has 0 aliphatic carbocycles. The summed E-state index contributed by atoms with van der Waals surface area (Å²) < 4.78 is 7.31. The predicted molar refractivity (Wildman–Crippen MR) is 92.6 cm³/mol. The van der Waals surface area contributed by atoms with Crippen LogP contribution in [0.2, 0.25) is 5.02 Å². The molecule has 3 rings (SSSR count). The Labute approximate surface area is 145 Å². The zero-order valence-corrected chi connectivity index (χ0v) is 14.2. The van der Waals surface area contributed by atoms with Gasteiger partial charge in [0, 0.05) is 36.8 Å². The molecular formula is C16H17ClN4OS. The van der Waals surface area contributed by atoms with E-state index < -0.39 is 0 Å². The Hall–Kier alpha value is -1.65. The average molecular weight is 349 g/mol. The van der Waals surface area contributed by atoms with Gasteiger partial charge in [-0.1, -0.05) is 23.6 Å². The summed E-state index contributed by atoms with van der Waals surface area (Å²) in [6, 6.07) is 7.38. The van der Waals surface area contributed by atoms with Crippen LogP contribution in [0.25, 0.3) is 11.5 Å². The second kappa shape index (κ2) is 7.28. The zero-order valence-electron chi connectivity index (χ0n) is 12.6. The van der Waals surface area contributed by atoms with E-state index in [1.54, 1.807) is 4.68 Å². The largest absolute Gasteiger partial charge is 0.409 e. The van der Waals surface area contributed by atoms with Crippen LogP contribution in [0.5, 0.6) is 0 Å². The lowest BCUT2D eigenvalue weighted by molar-refractivity contribution is 0.110. The molecule has 1 aromatic carbocycles. The van der Waals surface area contributed by atoms with E-state index in [0.717, 1.165) is 31.7 Å². The lowest BCUT2D eigenvalue weighted by Gasteiger charge is -2.33. The summed E-state index contributed by atoms with van der Waals surface area (Å²) >= 11 is 11.3. The molecule has 1 aromatic heterocycles. The molecule has 1 aliphatic heterocycles. The molecule has 2 heterocycles. The number of halogens is 1. The van der Waals surface area contributed by atoms with Crippen LogP contribution in [0, 0.1) is 17.2 Å². The summed E-state index contributed by atoms with van der Waals surface area (Å²) in [6.45, 7) is 5.10. The zero-order chi connectivity index (χ0) is 16.2. The summed E-state index contributed by atoms with van der Waals surface area (Å²) in [5, 5.41) is 5.11. The van der Waals surface area contributed by atoms with Crippen LogP contribution in [0.4, 0.5) is 0 Å². The summed E-state index contributed by atoms with van der Waals surface area (Å²) in [6.07, 6.45) is 5.35. The van der Waals surface area contributed by atoms with E-state index in [1.807, 2.05) is 24.3 Å². The van der Waals surface area contributed by atoms with Crippen molar-refractivity contribution in [2.24, 2.45) is 0 Å². The molecule has 1 fully saturated rings. The van der Waals surface area contributed by atoms with E-state index in [4.69, 9.17) is 34.7 Å². The van der Waals surface area contributed by atoms with Crippen LogP contribution in [-0.2, 0) is 6.67 Å². The molecule has 0 spiro atoms. The third-order valence-electron chi connectivity index (χ3n) is 3.79. The lowest BCUT2D eigenvalue weighted by atomic mass is 10.2. The average Bonchev–Trinajstić information content (AvgIpc) is 2.91. The van der Waals surface area contributed by atoms with Crippen molar-refractivity contribution in [3.8, 4) is 23.8 Å². The second-order valence-electron chi connectivity index (χ2n) is 5.42. The molecule has 0 amide bonds. The molecule has 2 aromatic rings. The van der Waals surface area contributed by atoms with E-state index in [0.29, 0.717) is 29.0 Å². The third kappa shape index (κ3) is 4.01. The molecule has 0 saturated carbocycles.